The highest BCUT2D eigenvalue weighted by atomic mass is 19.1. The van der Waals surface area contributed by atoms with Crippen LogP contribution in [0.4, 0.5) is 4.39 Å². The largest absolute Gasteiger partial charge is 0.497 e. The molecule has 0 spiro atoms. The van der Waals surface area contributed by atoms with E-state index in [1.807, 2.05) is 6.07 Å². The summed E-state index contributed by atoms with van der Waals surface area (Å²) in [6, 6.07) is 3.34. The highest BCUT2D eigenvalue weighted by Crippen LogP contribution is 2.23. The van der Waals surface area contributed by atoms with E-state index in [0.29, 0.717) is 5.75 Å². The second-order valence-corrected chi connectivity index (χ2v) is 3.17. The van der Waals surface area contributed by atoms with Crippen LogP contribution in [-0.2, 0) is 13.0 Å². The number of methoxy groups -OCH3 is 1. The van der Waals surface area contributed by atoms with Gasteiger partial charge in [0.25, 0.3) is 0 Å². The third kappa shape index (κ3) is 1.52. The minimum absolute atomic E-state index is 0.143. The van der Waals surface area contributed by atoms with Crippen LogP contribution in [0.5, 0.6) is 5.75 Å². The Bertz CT molecular complexity index is 325. The number of hydrogen-bond acceptors (Lipinski definition) is 2. The summed E-state index contributed by atoms with van der Waals surface area (Å²) >= 11 is 0. The summed E-state index contributed by atoms with van der Waals surface area (Å²) in [4.78, 5) is 0. The Balaban J connectivity index is 2.47. The molecule has 1 N–H and O–H groups in total. The molecule has 0 saturated carbocycles. The van der Waals surface area contributed by atoms with Gasteiger partial charge < -0.3 is 10.1 Å². The first-order valence-electron chi connectivity index (χ1n) is 4.37. The first-order valence-corrected chi connectivity index (χ1v) is 4.37. The van der Waals surface area contributed by atoms with Gasteiger partial charge in [0.15, 0.2) is 0 Å². The average Bonchev–Trinajstić information content (AvgIpc) is 2.18. The molecule has 0 fully saturated rings. The molecule has 0 unspecified atom stereocenters. The minimum Gasteiger partial charge on any atom is -0.497 e. The SMILES string of the molecule is COc1cc(F)c2c(c1)CNCC2. The van der Waals surface area contributed by atoms with Crippen LogP contribution in [0.1, 0.15) is 11.1 Å². The van der Waals surface area contributed by atoms with Crippen molar-refractivity contribution in [1.82, 2.24) is 5.32 Å². The maximum atomic E-state index is 13.4. The average molecular weight is 181 g/mol. The normalized spacial score (nSPS) is 15.2. The van der Waals surface area contributed by atoms with Gasteiger partial charge in [0.05, 0.1) is 7.11 Å². The maximum absolute atomic E-state index is 13.4. The standard InChI is InChI=1S/C10H12FNO/c1-13-8-4-7-6-12-3-2-9(7)10(11)5-8/h4-5,12H,2-3,6H2,1H3. The molecule has 0 amide bonds. The van der Waals surface area contributed by atoms with Gasteiger partial charge >= 0.3 is 0 Å². The van der Waals surface area contributed by atoms with Gasteiger partial charge in [-0.25, -0.2) is 4.39 Å². The zero-order valence-electron chi connectivity index (χ0n) is 7.56. The molecular formula is C10H12FNO. The fourth-order valence-electron chi connectivity index (χ4n) is 1.66. The predicted molar refractivity (Wildman–Crippen MR) is 48.4 cm³/mol. The minimum atomic E-state index is -0.143. The molecule has 0 radical (unpaired) electrons. The van der Waals surface area contributed by atoms with Gasteiger partial charge in [0.2, 0.25) is 0 Å². The predicted octanol–water partition coefficient (Wildman–Crippen LogP) is 1.48. The van der Waals surface area contributed by atoms with Gasteiger partial charge in [-0.05, 0) is 30.2 Å². The van der Waals surface area contributed by atoms with Crippen LogP contribution in [-0.4, -0.2) is 13.7 Å². The van der Waals surface area contributed by atoms with Gasteiger partial charge in [-0.2, -0.15) is 0 Å². The van der Waals surface area contributed by atoms with Crippen LogP contribution in [0.15, 0.2) is 12.1 Å². The molecule has 1 heterocycles. The van der Waals surface area contributed by atoms with E-state index in [1.54, 1.807) is 7.11 Å². The molecule has 1 aromatic rings. The first kappa shape index (κ1) is 8.51. The van der Waals surface area contributed by atoms with Crippen molar-refractivity contribution in [3.63, 3.8) is 0 Å². The zero-order valence-corrected chi connectivity index (χ0v) is 7.56. The summed E-state index contributed by atoms with van der Waals surface area (Å²) < 4.78 is 18.4. The van der Waals surface area contributed by atoms with Crippen LogP contribution in [0.2, 0.25) is 0 Å². The van der Waals surface area contributed by atoms with E-state index in [1.165, 1.54) is 6.07 Å². The fourth-order valence-corrected chi connectivity index (χ4v) is 1.66. The summed E-state index contributed by atoms with van der Waals surface area (Å²) in [6.07, 6.45) is 0.769. The van der Waals surface area contributed by atoms with E-state index in [-0.39, 0.29) is 5.82 Å². The van der Waals surface area contributed by atoms with Crippen molar-refractivity contribution in [2.45, 2.75) is 13.0 Å². The Morgan fingerprint density at radius 1 is 1.46 bits per heavy atom. The lowest BCUT2D eigenvalue weighted by Crippen LogP contribution is -2.24. The summed E-state index contributed by atoms with van der Waals surface area (Å²) in [5, 5.41) is 3.20. The highest BCUT2D eigenvalue weighted by Gasteiger charge is 2.14. The molecule has 0 atom stereocenters. The van der Waals surface area contributed by atoms with Crippen molar-refractivity contribution in [2.24, 2.45) is 0 Å². The first-order chi connectivity index (χ1) is 6.31. The number of rotatable bonds is 1. The monoisotopic (exact) mass is 181 g/mol. The summed E-state index contributed by atoms with van der Waals surface area (Å²) in [7, 11) is 1.55. The van der Waals surface area contributed by atoms with Crippen molar-refractivity contribution in [3.05, 3.63) is 29.1 Å². The number of hydrogen-bond donors (Lipinski definition) is 1. The molecule has 1 aliphatic heterocycles. The molecule has 2 nitrogen and oxygen atoms in total. The van der Waals surface area contributed by atoms with Crippen LogP contribution >= 0.6 is 0 Å². The number of fused-ring (bicyclic) bond motifs is 1. The van der Waals surface area contributed by atoms with E-state index in [0.717, 1.165) is 30.6 Å². The lowest BCUT2D eigenvalue weighted by Gasteiger charge is -2.18. The molecule has 70 valence electrons. The molecular weight excluding hydrogens is 169 g/mol. The van der Waals surface area contributed by atoms with Crippen LogP contribution in [0.25, 0.3) is 0 Å². The second-order valence-electron chi connectivity index (χ2n) is 3.17. The third-order valence-corrected chi connectivity index (χ3v) is 2.36. The molecule has 0 saturated heterocycles. The van der Waals surface area contributed by atoms with Crippen molar-refractivity contribution in [1.29, 1.82) is 0 Å². The summed E-state index contributed by atoms with van der Waals surface area (Å²) in [6.45, 7) is 1.60. The molecule has 2 rings (SSSR count). The Kier molecular flexibility index (Phi) is 2.19. The number of nitrogens with one attached hydrogen (secondary N) is 1. The lowest BCUT2D eigenvalue weighted by atomic mass is 10.0. The number of ether oxygens (including phenoxy) is 1. The number of benzene rings is 1. The van der Waals surface area contributed by atoms with Crippen molar-refractivity contribution >= 4 is 0 Å². The van der Waals surface area contributed by atoms with Crippen LogP contribution < -0.4 is 10.1 Å². The molecule has 1 aromatic carbocycles. The van der Waals surface area contributed by atoms with E-state index < -0.39 is 0 Å². The van der Waals surface area contributed by atoms with E-state index in [2.05, 4.69) is 5.32 Å². The van der Waals surface area contributed by atoms with E-state index in [9.17, 15) is 4.39 Å². The quantitative estimate of drug-likeness (QED) is 0.708. The topological polar surface area (TPSA) is 21.3 Å². The molecule has 0 aromatic heterocycles. The van der Waals surface area contributed by atoms with Gasteiger partial charge in [-0.15, -0.1) is 0 Å². The lowest BCUT2D eigenvalue weighted by molar-refractivity contribution is 0.408. The van der Waals surface area contributed by atoms with Gasteiger partial charge in [-0.1, -0.05) is 0 Å². The van der Waals surface area contributed by atoms with E-state index >= 15 is 0 Å². The third-order valence-electron chi connectivity index (χ3n) is 2.36. The summed E-state index contributed by atoms with van der Waals surface area (Å²) in [5.74, 6) is 0.454. The van der Waals surface area contributed by atoms with E-state index in [4.69, 9.17) is 4.74 Å². The Morgan fingerprint density at radius 3 is 3.08 bits per heavy atom. The Morgan fingerprint density at radius 2 is 2.31 bits per heavy atom. The second kappa shape index (κ2) is 3.34. The molecule has 13 heavy (non-hydrogen) atoms. The number of halogens is 1. The molecule has 1 aliphatic rings. The van der Waals surface area contributed by atoms with Gasteiger partial charge in [0.1, 0.15) is 11.6 Å². The van der Waals surface area contributed by atoms with Crippen LogP contribution in [0, 0.1) is 5.82 Å². The van der Waals surface area contributed by atoms with Crippen LogP contribution in [0.3, 0.4) is 0 Å². The van der Waals surface area contributed by atoms with Crippen molar-refractivity contribution in [2.75, 3.05) is 13.7 Å². The molecule has 0 bridgehead atoms. The molecule has 3 heteroatoms. The van der Waals surface area contributed by atoms with Crippen molar-refractivity contribution in [3.8, 4) is 5.75 Å². The smallest absolute Gasteiger partial charge is 0.130 e. The van der Waals surface area contributed by atoms with Crippen molar-refractivity contribution < 1.29 is 9.13 Å². The Labute approximate surface area is 76.7 Å². The Hall–Kier alpha value is -1.09. The van der Waals surface area contributed by atoms with Gasteiger partial charge in [0, 0.05) is 12.6 Å². The zero-order chi connectivity index (χ0) is 9.26. The fraction of sp³-hybridized carbons (Fsp3) is 0.400. The van der Waals surface area contributed by atoms with Gasteiger partial charge in [-0.3, -0.25) is 0 Å². The maximum Gasteiger partial charge on any atom is 0.130 e. The highest BCUT2D eigenvalue weighted by molar-refractivity contribution is 5.38. The molecule has 0 aliphatic carbocycles. The summed E-state index contributed by atoms with van der Waals surface area (Å²) in [5.41, 5.74) is 1.85.